The van der Waals surface area contributed by atoms with E-state index >= 15 is 0 Å². The van der Waals surface area contributed by atoms with Crippen LogP contribution in [0.3, 0.4) is 0 Å². The summed E-state index contributed by atoms with van der Waals surface area (Å²) >= 11 is 5.10. The van der Waals surface area contributed by atoms with E-state index in [1.165, 1.54) is 4.57 Å². The Morgan fingerprint density at radius 2 is 2.21 bits per heavy atom. The summed E-state index contributed by atoms with van der Waals surface area (Å²) in [5.41, 5.74) is 0.577. The van der Waals surface area contributed by atoms with Crippen LogP contribution in [0.1, 0.15) is 12.5 Å². The Balaban J connectivity index is 2.75. The van der Waals surface area contributed by atoms with Gasteiger partial charge >= 0.3 is 0 Å². The molecule has 0 fully saturated rings. The Morgan fingerprint density at radius 3 is 2.84 bits per heavy atom. The quantitative estimate of drug-likeness (QED) is 0.844. The fourth-order valence-corrected chi connectivity index (χ4v) is 2.15. The molecular formula is C13H14N2O3S. The van der Waals surface area contributed by atoms with Gasteiger partial charge in [0, 0.05) is 6.07 Å². The Bertz CT molecular complexity index is 719. The van der Waals surface area contributed by atoms with Crippen molar-refractivity contribution in [1.82, 2.24) is 9.55 Å². The SMILES string of the molecule is CCc1c(O)n(-c2cccc(OC)c2)c(=S)[nH]c1=O. The molecule has 0 aliphatic heterocycles. The summed E-state index contributed by atoms with van der Waals surface area (Å²) in [5, 5.41) is 10.2. The van der Waals surface area contributed by atoms with Crippen LogP contribution < -0.4 is 10.3 Å². The average molecular weight is 278 g/mol. The van der Waals surface area contributed by atoms with Crippen molar-refractivity contribution in [1.29, 1.82) is 0 Å². The van der Waals surface area contributed by atoms with Gasteiger partial charge in [-0.1, -0.05) is 13.0 Å². The first kappa shape index (κ1) is 13.4. The standard InChI is InChI=1S/C13H14N2O3S/c1-3-10-11(16)14-13(19)15(12(10)17)8-5-4-6-9(7-8)18-2/h4-7,17H,3H2,1-2H3,(H,14,16,19). The third kappa shape index (κ3) is 2.39. The van der Waals surface area contributed by atoms with Crippen LogP contribution in [0, 0.1) is 4.77 Å². The largest absolute Gasteiger partial charge is 0.497 e. The van der Waals surface area contributed by atoms with Gasteiger partial charge in [-0.15, -0.1) is 0 Å². The Labute approximate surface area is 115 Å². The topological polar surface area (TPSA) is 67.2 Å². The minimum atomic E-state index is -0.357. The van der Waals surface area contributed by atoms with Gasteiger partial charge in [-0.3, -0.25) is 14.3 Å². The van der Waals surface area contributed by atoms with E-state index in [4.69, 9.17) is 17.0 Å². The van der Waals surface area contributed by atoms with Crippen molar-refractivity contribution < 1.29 is 9.84 Å². The van der Waals surface area contributed by atoms with Crippen LogP contribution in [0.4, 0.5) is 0 Å². The van der Waals surface area contributed by atoms with Crippen LogP contribution in [-0.4, -0.2) is 21.8 Å². The first-order valence-electron chi connectivity index (χ1n) is 5.80. The maximum Gasteiger partial charge on any atom is 0.258 e. The molecule has 2 N–H and O–H groups in total. The smallest absolute Gasteiger partial charge is 0.258 e. The number of hydrogen-bond donors (Lipinski definition) is 2. The molecule has 1 aromatic heterocycles. The Kier molecular flexibility index (Phi) is 3.71. The first-order chi connectivity index (χ1) is 9.08. The lowest BCUT2D eigenvalue weighted by atomic mass is 10.2. The molecule has 5 nitrogen and oxygen atoms in total. The van der Waals surface area contributed by atoms with Gasteiger partial charge in [-0.05, 0) is 30.8 Å². The lowest BCUT2D eigenvalue weighted by Gasteiger charge is -2.12. The predicted octanol–water partition coefficient (Wildman–Crippen LogP) is 2.17. The second-order valence-electron chi connectivity index (χ2n) is 3.95. The Morgan fingerprint density at radius 1 is 1.47 bits per heavy atom. The molecule has 100 valence electrons. The van der Waals surface area contributed by atoms with Crippen molar-refractivity contribution in [3.05, 3.63) is 45.0 Å². The maximum absolute atomic E-state index is 11.7. The third-order valence-corrected chi connectivity index (χ3v) is 3.13. The van der Waals surface area contributed by atoms with Gasteiger partial charge in [0.15, 0.2) is 4.77 Å². The van der Waals surface area contributed by atoms with E-state index in [0.29, 0.717) is 23.4 Å². The van der Waals surface area contributed by atoms with Gasteiger partial charge in [-0.2, -0.15) is 0 Å². The van der Waals surface area contributed by atoms with Gasteiger partial charge in [0.25, 0.3) is 5.56 Å². The fraction of sp³-hybridized carbons (Fsp3) is 0.231. The normalized spacial score (nSPS) is 10.4. The van der Waals surface area contributed by atoms with Gasteiger partial charge in [-0.25, -0.2) is 0 Å². The van der Waals surface area contributed by atoms with E-state index in [-0.39, 0.29) is 16.2 Å². The van der Waals surface area contributed by atoms with Gasteiger partial charge in [0.1, 0.15) is 5.75 Å². The lowest BCUT2D eigenvalue weighted by molar-refractivity contribution is 0.412. The van der Waals surface area contributed by atoms with E-state index in [0.717, 1.165) is 0 Å². The van der Waals surface area contributed by atoms with Crippen LogP contribution >= 0.6 is 12.2 Å². The van der Waals surface area contributed by atoms with Crippen molar-refractivity contribution in [3.8, 4) is 17.3 Å². The minimum absolute atomic E-state index is 0.135. The summed E-state index contributed by atoms with van der Waals surface area (Å²) in [4.78, 5) is 14.2. The number of rotatable bonds is 3. The van der Waals surface area contributed by atoms with Gasteiger partial charge < -0.3 is 9.84 Å². The number of nitrogens with one attached hydrogen (secondary N) is 1. The zero-order valence-electron chi connectivity index (χ0n) is 10.6. The summed E-state index contributed by atoms with van der Waals surface area (Å²) in [6.45, 7) is 1.79. The molecule has 0 unspecified atom stereocenters. The number of aromatic hydroxyl groups is 1. The van der Waals surface area contributed by atoms with Crippen molar-refractivity contribution in [2.75, 3.05) is 7.11 Å². The molecule has 0 atom stereocenters. The number of aromatic amines is 1. The number of ether oxygens (including phenoxy) is 1. The number of aromatic nitrogens is 2. The molecule has 0 saturated carbocycles. The van der Waals surface area contributed by atoms with Crippen molar-refractivity contribution in [3.63, 3.8) is 0 Å². The number of methoxy groups -OCH3 is 1. The third-order valence-electron chi connectivity index (χ3n) is 2.84. The summed E-state index contributed by atoms with van der Waals surface area (Å²) in [6, 6.07) is 7.08. The zero-order valence-corrected chi connectivity index (χ0v) is 11.5. The highest BCUT2D eigenvalue weighted by Crippen LogP contribution is 2.22. The Hall–Kier alpha value is -2.08. The predicted molar refractivity (Wildman–Crippen MR) is 74.8 cm³/mol. The highest BCUT2D eigenvalue weighted by molar-refractivity contribution is 7.71. The molecule has 1 aromatic carbocycles. The summed E-state index contributed by atoms with van der Waals surface area (Å²) in [7, 11) is 1.56. The number of benzene rings is 1. The zero-order chi connectivity index (χ0) is 14.0. The summed E-state index contributed by atoms with van der Waals surface area (Å²) in [6.07, 6.45) is 0.417. The second-order valence-corrected chi connectivity index (χ2v) is 4.34. The monoisotopic (exact) mass is 278 g/mol. The molecule has 0 spiro atoms. The van der Waals surface area contributed by atoms with Crippen LogP contribution in [0.15, 0.2) is 29.1 Å². The molecule has 0 aliphatic carbocycles. The van der Waals surface area contributed by atoms with Crippen molar-refractivity contribution in [2.24, 2.45) is 0 Å². The molecule has 6 heteroatoms. The molecule has 0 aliphatic rings. The summed E-state index contributed by atoms with van der Waals surface area (Å²) in [5.74, 6) is 0.507. The van der Waals surface area contributed by atoms with E-state index < -0.39 is 0 Å². The molecule has 2 aromatic rings. The van der Waals surface area contributed by atoms with E-state index in [2.05, 4.69) is 4.98 Å². The molecule has 0 amide bonds. The van der Waals surface area contributed by atoms with Crippen LogP contribution in [0.25, 0.3) is 5.69 Å². The van der Waals surface area contributed by atoms with E-state index in [1.807, 2.05) is 0 Å². The van der Waals surface area contributed by atoms with E-state index in [9.17, 15) is 9.90 Å². The first-order valence-corrected chi connectivity index (χ1v) is 6.21. The minimum Gasteiger partial charge on any atom is -0.497 e. The van der Waals surface area contributed by atoms with E-state index in [1.54, 1.807) is 38.3 Å². The highest BCUT2D eigenvalue weighted by Gasteiger charge is 2.12. The molecule has 0 saturated heterocycles. The van der Waals surface area contributed by atoms with Crippen LogP contribution in [0.5, 0.6) is 11.6 Å². The average Bonchev–Trinajstić information content (AvgIpc) is 2.39. The van der Waals surface area contributed by atoms with Crippen LogP contribution in [0.2, 0.25) is 0 Å². The lowest BCUT2D eigenvalue weighted by Crippen LogP contribution is -2.17. The molecule has 19 heavy (non-hydrogen) atoms. The number of nitrogens with zero attached hydrogens (tertiary/aromatic N) is 1. The highest BCUT2D eigenvalue weighted by atomic mass is 32.1. The molecule has 0 radical (unpaired) electrons. The molecular weight excluding hydrogens is 264 g/mol. The number of H-pyrrole nitrogens is 1. The number of hydrogen-bond acceptors (Lipinski definition) is 4. The molecule has 2 rings (SSSR count). The van der Waals surface area contributed by atoms with Gasteiger partial charge in [0.2, 0.25) is 5.88 Å². The van der Waals surface area contributed by atoms with Crippen molar-refractivity contribution >= 4 is 12.2 Å². The van der Waals surface area contributed by atoms with Gasteiger partial charge in [0.05, 0.1) is 18.4 Å². The van der Waals surface area contributed by atoms with Crippen molar-refractivity contribution in [2.45, 2.75) is 13.3 Å². The second kappa shape index (κ2) is 5.27. The molecule has 1 heterocycles. The van der Waals surface area contributed by atoms with Crippen LogP contribution in [-0.2, 0) is 6.42 Å². The molecule has 0 bridgehead atoms. The maximum atomic E-state index is 11.7. The fourth-order valence-electron chi connectivity index (χ4n) is 1.87. The summed E-state index contributed by atoms with van der Waals surface area (Å²) < 4.78 is 6.70.